The highest BCUT2D eigenvalue weighted by Crippen LogP contribution is 2.19. The lowest BCUT2D eigenvalue weighted by atomic mass is 10.1. The second-order valence-electron chi connectivity index (χ2n) is 6.05. The molecule has 1 saturated carbocycles. The number of furan rings is 1. The highest BCUT2D eigenvalue weighted by Gasteiger charge is 2.17. The summed E-state index contributed by atoms with van der Waals surface area (Å²) in [6.45, 7) is 0.603. The molecule has 1 aromatic rings. The van der Waals surface area contributed by atoms with Crippen LogP contribution < -0.4 is 11.1 Å². The summed E-state index contributed by atoms with van der Waals surface area (Å²) in [5.74, 6) is 1.48. The van der Waals surface area contributed by atoms with Gasteiger partial charge in [0.15, 0.2) is 5.96 Å². The molecule has 1 aliphatic carbocycles. The molecule has 1 heterocycles. The van der Waals surface area contributed by atoms with Crippen molar-refractivity contribution < 1.29 is 4.42 Å². The van der Waals surface area contributed by atoms with Crippen LogP contribution >= 0.6 is 0 Å². The van der Waals surface area contributed by atoms with Gasteiger partial charge in [-0.25, -0.2) is 0 Å². The molecule has 1 fully saturated rings. The van der Waals surface area contributed by atoms with Gasteiger partial charge in [-0.1, -0.05) is 25.7 Å². The molecule has 5 nitrogen and oxygen atoms in total. The van der Waals surface area contributed by atoms with Crippen molar-refractivity contribution in [3.63, 3.8) is 0 Å². The molecule has 21 heavy (non-hydrogen) atoms. The highest BCUT2D eigenvalue weighted by atomic mass is 16.3. The fraction of sp³-hybridized carbons (Fsp3) is 0.688. The van der Waals surface area contributed by atoms with Crippen molar-refractivity contribution >= 4 is 5.96 Å². The van der Waals surface area contributed by atoms with Crippen LogP contribution in [0.1, 0.15) is 50.3 Å². The predicted octanol–water partition coefficient (Wildman–Crippen LogP) is 2.51. The number of guanidine groups is 1. The predicted molar refractivity (Wildman–Crippen MR) is 86.3 cm³/mol. The minimum absolute atomic E-state index is 0.120. The summed E-state index contributed by atoms with van der Waals surface area (Å²) in [6.07, 6.45) is 9.36. The van der Waals surface area contributed by atoms with Gasteiger partial charge in [-0.05, 0) is 39.1 Å². The molecule has 1 aromatic heterocycles. The summed E-state index contributed by atoms with van der Waals surface area (Å²) in [4.78, 5) is 6.61. The number of rotatable bonds is 5. The third-order valence-corrected chi connectivity index (χ3v) is 4.14. The molecule has 2 rings (SSSR count). The van der Waals surface area contributed by atoms with Crippen LogP contribution in [-0.4, -0.2) is 37.5 Å². The van der Waals surface area contributed by atoms with E-state index in [1.807, 2.05) is 26.2 Å². The quantitative estimate of drug-likeness (QED) is 0.497. The molecule has 0 saturated heterocycles. The van der Waals surface area contributed by atoms with E-state index in [9.17, 15) is 0 Å². The molecule has 1 unspecified atom stereocenters. The number of aliphatic imine (C=N–C) groups is 1. The minimum atomic E-state index is 0.120. The van der Waals surface area contributed by atoms with Gasteiger partial charge < -0.3 is 15.5 Å². The Morgan fingerprint density at radius 1 is 1.38 bits per heavy atom. The molecular formula is C16H28N4O. The Morgan fingerprint density at radius 2 is 2.10 bits per heavy atom. The molecule has 0 aromatic carbocycles. The number of hydrogen-bond donors (Lipinski definition) is 2. The van der Waals surface area contributed by atoms with Crippen molar-refractivity contribution in [1.82, 2.24) is 10.2 Å². The summed E-state index contributed by atoms with van der Waals surface area (Å²) in [6, 6.07) is 4.49. The fourth-order valence-electron chi connectivity index (χ4n) is 2.85. The molecule has 0 bridgehead atoms. The first kappa shape index (κ1) is 15.9. The van der Waals surface area contributed by atoms with Crippen LogP contribution in [0.15, 0.2) is 27.8 Å². The van der Waals surface area contributed by atoms with Gasteiger partial charge in [-0.15, -0.1) is 0 Å². The number of likely N-dealkylation sites (N-methyl/N-ethyl adjacent to an activating group) is 1. The van der Waals surface area contributed by atoms with E-state index in [0.29, 0.717) is 18.5 Å². The zero-order valence-electron chi connectivity index (χ0n) is 13.2. The second kappa shape index (κ2) is 8.08. The molecule has 0 radical (unpaired) electrons. The Balaban J connectivity index is 1.88. The second-order valence-corrected chi connectivity index (χ2v) is 6.05. The van der Waals surface area contributed by atoms with Crippen LogP contribution in [0.2, 0.25) is 0 Å². The number of nitrogens with two attached hydrogens (primary N) is 1. The van der Waals surface area contributed by atoms with Crippen LogP contribution in [0.4, 0.5) is 0 Å². The van der Waals surface area contributed by atoms with Crippen molar-refractivity contribution in [2.45, 2.75) is 50.6 Å². The van der Waals surface area contributed by atoms with E-state index in [2.05, 4.69) is 15.2 Å². The van der Waals surface area contributed by atoms with E-state index in [1.165, 1.54) is 38.5 Å². The largest absolute Gasteiger partial charge is 0.468 e. The first-order valence-electron chi connectivity index (χ1n) is 7.93. The maximum atomic E-state index is 6.05. The summed E-state index contributed by atoms with van der Waals surface area (Å²) < 4.78 is 5.48. The van der Waals surface area contributed by atoms with Gasteiger partial charge in [0.2, 0.25) is 0 Å². The molecule has 0 spiro atoms. The fourth-order valence-corrected chi connectivity index (χ4v) is 2.85. The standard InChI is InChI=1S/C16H28N4O/c1-20(2)14(15-10-7-11-21-15)12-18-16(17)19-13-8-5-3-4-6-9-13/h7,10-11,13-14H,3-6,8-9,12H2,1-2H3,(H3,17,18,19). The van der Waals surface area contributed by atoms with Gasteiger partial charge in [0.25, 0.3) is 0 Å². The highest BCUT2D eigenvalue weighted by molar-refractivity contribution is 5.78. The number of nitrogens with one attached hydrogen (secondary N) is 1. The SMILES string of the molecule is CN(C)C(CN=C(N)NC1CCCCCC1)c1ccco1. The Hall–Kier alpha value is -1.49. The van der Waals surface area contributed by atoms with Crippen LogP contribution in [0, 0.1) is 0 Å². The monoisotopic (exact) mass is 292 g/mol. The summed E-state index contributed by atoms with van der Waals surface area (Å²) >= 11 is 0. The van der Waals surface area contributed by atoms with Gasteiger partial charge in [0.05, 0.1) is 18.8 Å². The maximum absolute atomic E-state index is 6.05. The molecular weight excluding hydrogens is 264 g/mol. The normalized spacial score (nSPS) is 19.5. The Bertz CT molecular complexity index is 419. The number of nitrogens with zero attached hydrogens (tertiary/aromatic N) is 2. The first-order valence-corrected chi connectivity index (χ1v) is 7.93. The van der Waals surface area contributed by atoms with Gasteiger partial charge in [0, 0.05) is 6.04 Å². The van der Waals surface area contributed by atoms with Crippen LogP contribution in [0.25, 0.3) is 0 Å². The molecule has 118 valence electrons. The topological polar surface area (TPSA) is 66.8 Å². The Morgan fingerprint density at radius 3 is 2.67 bits per heavy atom. The van der Waals surface area contributed by atoms with E-state index >= 15 is 0 Å². The van der Waals surface area contributed by atoms with Crippen molar-refractivity contribution in [3.05, 3.63) is 24.2 Å². The van der Waals surface area contributed by atoms with E-state index in [-0.39, 0.29) is 6.04 Å². The lowest BCUT2D eigenvalue weighted by Gasteiger charge is -2.21. The lowest BCUT2D eigenvalue weighted by molar-refractivity contribution is 0.265. The van der Waals surface area contributed by atoms with Gasteiger partial charge >= 0.3 is 0 Å². The summed E-state index contributed by atoms with van der Waals surface area (Å²) in [7, 11) is 4.05. The molecule has 3 N–H and O–H groups in total. The van der Waals surface area contributed by atoms with Crippen molar-refractivity contribution in [2.24, 2.45) is 10.7 Å². The third kappa shape index (κ3) is 5.08. The Kier molecular flexibility index (Phi) is 6.11. The average Bonchev–Trinajstić information content (AvgIpc) is 2.84. The molecule has 0 aliphatic heterocycles. The van der Waals surface area contributed by atoms with Gasteiger partial charge in [-0.3, -0.25) is 9.89 Å². The Labute approximate surface area is 127 Å². The average molecular weight is 292 g/mol. The van der Waals surface area contributed by atoms with Crippen molar-refractivity contribution in [3.8, 4) is 0 Å². The molecule has 0 amide bonds. The van der Waals surface area contributed by atoms with E-state index in [4.69, 9.17) is 10.2 Å². The summed E-state index contributed by atoms with van der Waals surface area (Å²) in [5, 5.41) is 3.38. The van der Waals surface area contributed by atoms with Gasteiger partial charge in [0.1, 0.15) is 5.76 Å². The van der Waals surface area contributed by atoms with Crippen LogP contribution in [0.3, 0.4) is 0 Å². The van der Waals surface area contributed by atoms with Crippen LogP contribution in [-0.2, 0) is 0 Å². The van der Waals surface area contributed by atoms with Crippen molar-refractivity contribution in [1.29, 1.82) is 0 Å². The third-order valence-electron chi connectivity index (χ3n) is 4.14. The van der Waals surface area contributed by atoms with Crippen molar-refractivity contribution in [2.75, 3.05) is 20.6 Å². The maximum Gasteiger partial charge on any atom is 0.188 e. The minimum Gasteiger partial charge on any atom is -0.468 e. The zero-order valence-corrected chi connectivity index (χ0v) is 13.2. The number of hydrogen-bond acceptors (Lipinski definition) is 3. The smallest absolute Gasteiger partial charge is 0.188 e. The van der Waals surface area contributed by atoms with Gasteiger partial charge in [-0.2, -0.15) is 0 Å². The van der Waals surface area contributed by atoms with E-state index < -0.39 is 0 Å². The van der Waals surface area contributed by atoms with E-state index in [1.54, 1.807) is 6.26 Å². The molecule has 1 aliphatic rings. The first-order chi connectivity index (χ1) is 10.2. The van der Waals surface area contributed by atoms with Crippen LogP contribution in [0.5, 0.6) is 0 Å². The molecule has 1 atom stereocenters. The lowest BCUT2D eigenvalue weighted by Crippen LogP contribution is -2.40. The van der Waals surface area contributed by atoms with E-state index in [0.717, 1.165) is 5.76 Å². The summed E-state index contributed by atoms with van der Waals surface area (Å²) in [5.41, 5.74) is 6.05. The molecule has 5 heteroatoms. The zero-order chi connectivity index (χ0) is 15.1.